The second-order valence-electron chi connectivity index (χ2n) is 3.48. The van der Waals surface area contributed by atoms with E-state index in [4.69, 9.17) is 14.8 Å². The van der Waals surface area contributed by atoms with Crippen molar-refractivity contribution in [3.63, 3.8) is 0 Å². The smallest absolute Gasteiger partial charge is 0.303 e. The van der Waals surface area contributed by atoms with Gasteiger partial charge in [0.05, 0.1) is 14.5 Å². The highest BCUT2D eigenvalue weighted by atomic mass is 31.1. The van der Waals surface area contributed by atoms with Crippen LogP contribution in [0.3, 0.4) is 0 Å². The lowest BCUT2D eigenvalue weighted by Crippen LogP contribution is -1.94. The van der Waals surface area contributed by atoms with Crippen LogP contribution in [-0.2, 0) is 4.79 Å². The maximum Gasteiger partial charge on any atom is 0.303 e. The van der Waals surface area contributed by atoms with E-state index in [9.17, 15) is 4.79 Å². The molecule has 0 spiro atoms. The average molecular weight is 275 g/mol. The maximum atomic E-state index is 10.3. The lowest BCUT2D eigenvalue weighted by atomic mass is 10.3. The summed E-state index contributed by atoms with van der Waals surface area (Å²) in [6.07, 6.45) is 2.65. The van der Waals surface area contributed by atoms with Crippen molar-refractivity contribution in [1.29, 1.82) is 0 Å². The van der Waals surface area contributed by atoms with Crippen LogP contribution in [0.5, 0.6) is 5.75 Å². The molecule has 6 nitrogen and oxygen atoms in total. The van der Waals surface area contributed by atoms with E-state index in [1.165, 1.54) is 0 Å². The molecule has 0 fully saturated rings. The van der Waals surface area contributed by atoms with Crippen LogP contribution in [0.2, 0.25) is 0 Å². The van der Waals surface area contributed by atoms with E-state index in [1.807, 2.05) is 5.48 Å². The van der Waals surface area contributed by atoms with Gasteiger partial charge in [0, 0.05) is 12.6 Å². The van der Waals surface area contributed by atoms with E-state index in [2.05, 4.69) is 0 Å². The van der Waals surface area contributed by atoms with Crippen molar-refractivity contribution in [3.8, 4) is 5.75 Å². The van der Waals surface area contributed by atoms with Gasteiger partial charge in [-0.05, 0) is 37.1 Å². The molecule has 1 atom stereocenters. The molecule has 18 heavy (non-hydrogen) atoms. The summed E-state index contributed by atoms with van der Waals surface area (Å²) in [5.41, 5.74) is 2.65. The summed E-state index contributed by atoms with van der Waals surface area (Å²) < 4.78 is 5.48. The molecule has 1 aromatic carbocycles. The van der Waals surface area contributed by atoms with Gasteiger partial charge in [-0.2, -0.15) is 0 Å². The topological polar surface area (TPSA) is 110 Å². The lowest BCUT2D eigenvalue weighted by Gasteiger charge is -2.06. The van der Waals surface area contributed by atoms with Crippen molar-refractivity contribution in [2.45, 2.75) is 19.3 Å². The SMILES string of the molecule is O.O=C(O)CCCCPOc1ccc(NO)cc1. The largest absolute Gasteiger partial charge is 0.481 e. The zero-order chi connectivity index (χ0) is 12.5. The monoisotopic (exact) mass is 275 g/mol. The van der Waals surface area contributed by atoms with Crippen LogP contribution in [0.4, 0.5) is 5.69 Å². The predicted octanol–water partition coefficient (Wildman–Crippen LogP) is 1.89. The second-order valence-corrected chi connectivity index (χ2v) is 4.48. The fourth-order valence-corrected chi connectivity index (χ4v) is 2.00. The number of carboxylic acids is 1. The number of unbranched alkanes of at least 4 members (excludes halogenated alkanes) is 1. The van der Waals surface area contributed by atoms with Gasteiger partial charge in [0.2, 0.25) is 0 Å². The van der Waals surface area contributed by atoms with Gasteiger partial charge in [-0.25, -0.2) is 0 Å². The highest BCUT2D eigenvalue weighted by Gasteiger charge is 1.98. The van der Waals surface area contributed by atoms with Crippen LogP contribution >= 0.6 is 8.81 Å². The van der Waals surface area contributed by atoms with E-state index in [1.54, 1.807) is 24.3 Å². The third kappa shape index (κ3) is 7.06. The molecule has 102 valence electrons. The summed E-state index contributed by atoms with van der Waals surface area (Å²) in [4.78, 5) is 10.3. The molecule has 0 aliphatic rings. The van der Waals surface area contributed by atoms with Crippen LogP contribution in [0.15, 0.2) is 24.3 Å². The zero-order valence-corrected chi connectivity index (χ0v) is 10.8. The van der Waals surface area contributed by atoms with Crippen LogP contribution in [0, 0.1) is 0 Å². The molecule has 0 saturated heterocycles. The average Bonchev–Trinajstić information content (AvgIpc) is 2.34. The first kappa shape index (κ1) is 16.6. The molecule has 0 saturated carbocycles. The molecule has 0 amide bonds. The summed E-state index contributed by atoms with van der Waals surface area (Å²) in [5, 5.41) is 17.1. The number of rotatable bonds is 8. The molecule has 7 heteroatoms. The molecule has 1 rings (SSSR count). The number of carboxylic acid groups (broad SMARTS) is 1. The van der Waals surface area contributed by atoms with Crippen molar-refractivity contribution in [2.75, 3.05) is 11.6 Å². The fourth-order valence-electron chi connectivity index (χ4n) is 1.21. The number of hydrogen-bond acceptors (Lipinski definition) is 4. The van der Waals surface area contributed by atoms with E-state index >= 15 is 0 Å². The Labute approximate surface area is 107 Å². The Hall–Kier alpha value is -1.36. The molecule has 1 aromatic rings. The molecular formula is C11H18NO5P. The van der Waals surface area contributed by atoms with Crippen molar-refractivity contribution < 1.29 is 25.1 Å². The number of aliphatic carboxylic acids is 1. The van der Waals surface area contributed by atoms with Crippen molar-refractivity contribution >= 4 is 20.5 Å². The molecule has 0 aliphatic carbocycles. The summed E-state index contributed by atoms with van der Waals surface area (Å²) in [7, 11) is 0.335. The number of benzene rings is 1. The summed E-state index contributed by atoms with van der Waals surface area (Å²) >= 11 is 0. The van der Waals surface area contributed by atoms with Gasteiger partial charge in [0.25, 0.3) is 0 Å². The fraction of sp³-hybridized carbons (Fsp3) is 0.364. The first-order valence-electron chi connectivity index (χ1n) is 5.34. The van der Waals surface area contributed by atoms with Crippen LogP contribution in [0.25, 0.3) is 0 Å². The minimum atomic E-state index is -0.749. The minimum Gasteiger partial charge on any atom is -0.481 e. The van der Waals surface area contributed by atoms with Crippen LogP contribution in [-0.4, -0.2) is 27.9 Å². The van der Waals surface area contributed by atoms with Gasteiger partial charge >= 0.3 is 5.97 Å². The molecule has 0 bridgehead atoms. The van der Waals surface area contributed by atoms with E-state index in [0.29, 0.717) is 20.9 Å². The Morgan fingerprint density at radius 3 is 2.50 bits per heavy atom. The molecule has 0 heterocycles. The van der Waals surface area contributed by atoms with Gasteiger partial charge < -0.3 is 15.1 Å². The highest BCUT2D eigenvalue weighted by Crippen LogP contribution is 2.23. The van der Waals surface area contributed by atoms with Crippen molar-refractivity contribution in [1.82, 2.24) is 0 Å². The standard InChI is InChI=1S/C11H16NO4P.H2O/c13-11(14)3-1-2-8-17-16-10-6-4-9(12-15)5-7-10;/h4-7,12,15,17H,1-3,8H2,(H,13,14);1H2. The van der Waals surface area contributed by atoms with Crippen molar-refractivity contribution in [2.24, 2.45) is 0 Å². The van der Waals surface area contributed by atoms with E-state index in [-0.39, 0.29) is 11.9 Å². The van der Waals surface area contributed by atoms with Gasteiger partial charge in [0.15, 0.2) is 0 Å². The molecule has 0 aromatic heterocycles. The van der Waals surface area contributed by atoms with Crippen LogP contribution < -0.4 is 10.0 Å². The summed E-state index contributed by atoms with van der Waals surface area (Å²) in [5.74, 6) is 0.00177. The van der Waals surface area contributed by atoms with Crippen LogP contribution in [0.1, 0.15) is 19.3 Å². The van der Waals surface area contributed by atoms with Crippen molar-refractivity contribution in [3.05, 3.63) is 24.3 Å². The number of carbonyl (C=O) groups is 1. The first-order chi connectivity index (χ1) is 8.22. The number of nitrogens with one attached hydrogen (secondary N) is 1. The van der Waals surface area contributed by atoms with Gasteiger partial charge in [0.1, 0.15) is 5.75 Å². The zero-order valence-electron chi connectivity index (χ0n) is 9.85. The minimum absolute atomic E-state index is 0. The molecule has 5 N–H and O–H groups in total. The predicted molar refractivity (Wildman–Crippen MR) is 70.8 cm³/mol. The summed E-state index contributed by atoms with van der Waals surface area (Å²) in [6, 6.07) is 6.96. The third-order valence-electron chi connectivity index (χ3n) is 2.09. The molecule has 1 unspecified atom stereocenters. The quantitative estimate of drug-likeness (QED) is 0.381. The van der Waals surface area contributed by atoms with E-state index < -0.39 is 5.97 Å². The van der Waals surface area contributed by atoms with Gasteiger partial charge in [-0.3, -0.25) is 15.5 Å². The first-order valence-corrected chi connectivity index (χ1v) is 6.45. The molecule has 0 radical (unpaired) electrons. The second kappa shape index (κ2) is 9.65. The maximum absolute atomic E-state index is 10.3. The Balaban J connectivity index is 0.00000289. The highest BCUT2D eigenvalue weighted by molar-refractivity contribution is 7.32. The normalized spacial score (nSPS) is 10.1. The Morgan fingerprint density at radius 1 is 1.28 bits per heavy atom. The Kier molecular flexibility index (Phi) is 8.92. The third-order valence-corrected chi connectivity index (χ3v) is 3.03. The van der Waals surface area contributed by atoms with Gasteiger partial charge in [-0.15, -0.1) is 0 Å². The van der Waals surface area contributed by atoms with E-state index in [0.717, 1.165) is 18.3 Å². The van der Waals surface area contributed by atoms with Gasteiger partial charge in [-0.1, -0.05) is 0 Å². The Morgan fingerprint density at radius 2 is 1.94 bits per heavy atom. The summed E-state index contributed by atoms with van der Waals surface area (Å²) in [6.45, 7) is 0. The number of anilines is 1. The lowest BCUT2D eigenvalue weighted by molar-refractivity contribution is -0.137. The molecule has 0 aliphatic heterocycles. The molecular weight excluding hydrogens is 257 g/mol. The number of hydrogen-bond donors (Lipinski definition) is 3. The Bertz CT molecular complexity index is 344.